The third-order valence-electron chi connectivity index (χ3n) is 7.93. The van der Waals surface area contributed by atoms with Gasteiger partial charge in [0.1, 0.15) is 0 Å². The minimum Gasteiger partial charge on any atom is -0.311 e. The van der Waals surface area contributed by atoms with Crippen molar-refractivity contribution in [3.8, 4) is 0 Å². The highest BCUT2D eigenvalue weighted by Gasteiger charge is 2.12. The topological polar surface area (TPSA) is 6.48 Å². The Morgan fingerprint density at radius 2 is 0.469 bits per heavy atom. The van der Waals surface area contributed by atoms with Crippen LogP contribution in [0.4, 0.5) is 34.1 Å². The van der Waals surface area contributed by atoms with E-state index in [-0.39, 0.29) is 0 Å². The van der Waals surface area contributed by atoms with E-state index in [1.54, 1.807) is 0 Å². The molecule has 0 aromatic heterocycles. The maximum absolute atomic E-state index is 2.28. The highest BCUT2D eigenvalue weighted by atomic mass is 127. The molecule has 0 spiro atoms. The van der Waals surface area contributed by atoms with E-state index in [4.69, 9.17) is 0 Å². The Kier molecular flexibility index (Phi) is 12.8. The van der Waals surface area contributed by atoms with Crippen LogP contribution in [0.15, 0.2) is 188 Å². The molecule has 0 aliphatic carbocycles. The Bertz CT molecular complexity index is 1730. The summed E-state index contributed by atoms with van der Waals surface area (Å²) in [6, 6.07) is 65.7. The van der Waals surface area contributed by atoms with Crippen molar-refractivity contribution in [1.29, 1.82) is 0 Å². The quantitative estimate of drug-likeness (QED) is 0.156. The summed E-state index contributed by atoms with van der Waals surface area (Å²) in [5.74, 6) is 0. The number of aryl methyl sites for hydroxylation is 4. The lowest BCUT2D eigenvalue weighted by Gasteiger charge is -2.25. The van der Waals surface area contributed by atoms with Crippen molar-refractivity contribution in [3.05, 3.63) is 214 Å². The molecule has 0 amide bonds. The van der Waals surface area contributed by atoms with Crippen LogP contribution in [0.3, 0.4) is 0 Å². The molecule has 49 heavy (non-hydrogen) atoms. The number of nitrogens with zero attached hydrogens (tertiary/aromatic N) is 2. The summed E-state index contributed by atoms with van der Waals surface area (Å²) in [5, 5.41) is 0. The molecule has 244 valence electrons. The number of para-hydroxylation sites is 2. The molecule has 0 fully saturated rings. The average molecular weight is 751 g/mol. The summed E-state index contributed by atoms with van der Waals surface area (Å²) in [7, 11) is 0. The van der Waals surface area contributed by atoms with Crippen LogP contribution in [0.5, 0.6) is 0 Å². The molecule has 0 unspecified atom stereocenters. The van der Waals surface area contributed by atoms with Gasteiger partial charge in [0.2, 0.25) is 0 Å². The molecule has 7 aromatic carbocycles. The van der Waals surface area contributed by atoms with Gasteiger partial charge in [-0.15, -0.1) is 0 Å². The predicted molar refractivity (Wildman–Crippen MR) is 220 cm³/mol. The SMILES string of the molecule is Cc1ccc(N(c2ccccc2)c2ccc(C)cc2)cc1.Cc1ccc(N(c2ccccc2)c2ccc(C)cc2)cc1.Ic1ccccc1. The lowest BCUT2D eigenvalue weighted by Crippen LogP contribution is -2.09. The van der Waals surface area contributed by atoms with Gasteiger partial charge in [-0.1, -0.05) is 125 Å². The molecule has 0 atom stereocenters. The zero-order chi connectivity index (χ0) is 34.4. The molecule has 0 N–H and O–H groups in total. The van der Waals surface area contributed by atoms with Crippen LogP contribution >= 0.6 is 22.6 Å². The van der Waals surface area contributed by atoms with Crippen LogP contribution in [-0.2, 0) is 0 Å². The van der Waals surface area contributed by atoms with Gasteiger partial charge in [0.15, 0.2) is 0 Å². The average Bonchev–Trinajstić information content (AvgIpc) is 3.14. The minimum atomic E-state index is 1.17. The van der Waals surface area contributed by atoms with Gasteiger partial charge in [-0.3, -0.25) is 0 Å². The summed E-state index contributed by atoms with van der Waals surface area (Å²) in [5.41, 5.74) is 12.1. The van der Waals surface area contributed by atoms with Crippen molar-refractivity contribution < 1.29 is 0 Å². The Morgan fingerprint density at radius 3 is 0.673 bits per heavy atom. The van der Waals surface area contributed by atoms with Crippen LogP contribution < -0.4 is 9.80 Å². The standard InChI is InChI=1S/2C20H19N.C6H5I/c2*1-16-8-12-19(13-9-16)21(18-6-4-3-5-7-18)20-14-10-17(2)11-15-20;7-6-4-2-1-3-5-6/h2*3-15H,1-2H3;1-5H. The van der Waals surface area contributed by atoms with E-state index in [9.17, 15) is 0 Å². The molecule has 0 heterocycles. The van der Waals surface area contributed by atoms with E-state index < -0.39 is 0 Å². The van der Waals surface area contributed by atoms with Crippen molar-refractivity contribution in [2.45, 2.75) is 27.7 Å². The number of hydrogen-bond donors (Lipinski definition) is 0. The molecule has 7 aromatic rings. The number of anilines is 6. The van der Waals surface area contributed by atoms with Crippen LogP contribution in [0.1, 0.15) is 22.3 Å². The molecule has 2 nitrogen and oxygen atoms in total. The predicted octanol–water partition coefficient (Wildman–Crippen LogP) is 13.8. The zero-order valence-electron chi connectivity index (χ0n) is 28.7. The smallest absolute Gasteiger partial charge is 0.0461 e. The molecule has 0 saturated carbocycles. The fourth-order valence-corrected chi connectivity index (χ4v) is 5.65. The Hall–Kier alpha value is -5.13. The van der Waals surface area contributed by atoms with Crippen molar-refractivity contribution in [3.63, 3.8) is 0 Å². The minimum absolute atomic E-state index is 1.17. The largest absolute Gasteiger partial charge is 0.311 e. The van der Waals surface area contributed by atoms with E-state index in [0.717, 1.165) is 0 Å². The second kappa shape index (κ2) is 17.9. The van der Waals surface area contributed by atoms with E-state index in [2.05, 4.69) is 218 Å². The summed E-state index contributed by atoms with van der Waals surface area (Å²) in [6.45, 7) is 8.45. The Labute approximate surface area is 306 Å². The van der Waals surface area contributed by atoms with Crippen molar-refractivity contribution >= 4 is 56.7 Å². The van der Waals surface area contributed by atoms with Crippen molar-refractivity contribution in [2.75, 3.05) is 9.80 Å². The third kappa shape index (κ3) is 10.4. The first-order chi connectivity index (χ1) is 23.9. The van der Waals surface area contributed by atoms with E-state index in [1.165, 1.54) is 59.9 Å². The zero-order valence-corrected chi connectivity index (χ0v) is 30.8. The van der Waals surface area contributed by atoms with Gasteiger partial charge in [0, 0.05) is 37.7 Å². The number of rotatable bonds is 6. The van der Waals surface area contributed by atoms with Crippen LogP contribution in [0.2, 0.25) is 0 Å². The summed E-state index contributed by atoms with van der Waals surface area (Å²) in [6.07, 6.45) is 0. The summed E-state index contributed by atoms with van der Waals surface area (Å²) < 4.78 is 1.29. The fraction of sp³-hybridized carbons (Fsp3) is 0.0870. The van der Waals surface area contributed by atoms with Gasteiger partial charge in [-0.2, -0.15) is 0 Å². The lowest BCUT2D eigenvalue weighted by atomic mass is 10.1. The van der Waals surface area contributed by atoms with Gasteiger partial charge in [0.05, 0.1) is 0 Å². The monoisotopic (exact) mass is 750 g/mol. The second-order valence-electron chi connectivity index (χ2n) is 12.0. The molecule has 7 rings (SSSR count). The fourth-order valence-electron chi connectivity index (χ4n) is 5.24. The first-order valence-electron chi connectivity index (χ1n) is 16.5. The molecule has 0 aliphatic rings. The normalized spacial score (nSPS) is 10.1. The molecule has 0 bridgehead atoms. The second-order valence-corrected chi connectivity index (χ2v) is 13.2. The summed E-state index contributed by atoms with van der Waals surface area (Å²) in [4.78, 5) is 4.55. The molecule has 0 aliphatic heterocycles. The van der Waals surface area contributed by atoms with Crippen LogP contribution in [-0.4, -0.2) is 0 Å². The highest BCUT2D eigenvalue weighted by Crippen LogP contribution is 2.35. The van der Waals surface area contributed by atoms with E-state index >= 15 is 0 Å². The van der Waals surface area contributed by atoms with Gasteiger partial charge >= 0.3 is 0 Å². The van der Waals surface area contributed by atoms with Gasteiger partial charge in [-0.25, -0.2) is 0 Å². The van der Waals surface area contributed by atoms with Crippen molar-refractivity contribution in [2.24, 2.45) is 0 Å². The molecular formula is C46H43IN2. The van der Waals surface area contributed by atoms with Gasteiger partial charge in [-0.05, 0) is 135 Å². The molecular weight excluding hydrogens is 707 g/mol. The summed E-state index contributed by atoms with van der Waals surface area (Å²) >= 11 is 2.28. The van der Waals surface area contributed by atoms with Gasteiger partial charge < -0.3 is 9.80 Å². The van der Waals surface area contributed by atoms with E-state index in [0.29, 0.717) is 0 Å². The first-order valence-corrected chi connectivity index (χ1v) is 17.6. The van der Waals surface area contributed by atoms with Crippen LogP contribution in [0, 0.1) is 31.3 Å². The number of hydrogen-bond acceptors (Lipinski definition) is 2. The van der Waals surface area contributed by atoms with E-state index in [1.807, 2.05) is 30.3 Å². The van der Waals surface area contributed by atoms with Crippen LogP contribution in [0.25, 0.3) is 0 Å². The molecule has 0 saturated heterocycles. The Balaban J connectivity index is 0.000000160. The van der Waals surface area contributed by atoms with Crippen molar-refractivity contribution in [1.82, 2.24) is 0 Å². The Morgan fingerprint density at radius 1 is 0.265 bits per heavy atom. The first kappa shape index (κ1) is 35.2. The molecule has 3 heteroatoms. The highest BCUT2D eigenvalue weighted by molar-refractivity contribution is 14.1. The maximum atomic E-state index is 2.28. The number of benzene rings is 7. The lowest BCUT2D eigenvalue weighted by molar-refractivity contribution is 1.27. The maximum Gasteiger partial charge on any atom is 0.0461 e. The number of halogens is 1. The third-order valence-corrected chi connectivity index (χ3v) is 8.65. The molecule has 0 radical (unpaired) electrons. The van der Waals surface area contributed by atoms with Gasteiger partial charge in [0.25, 0.3) is 0 Å².